The number of hydrogen-bond acceptors (Lipinski definition) is 7. The molecule has 0 saturated carbocycles. The first-order valence-corrected chi connectivity index (χ1v) is 9.27. The summed E-state index contributed by atoms with van der Waals surface area (Å²) >= 11 is 1.40. The Morgan fingerprint density at radius 3 is 2.43 bits per heavy atom. The summed E-state index contributed by atoms with van der Waals surface area (Å²) in [5.74, 6) is 1.45. The highest BCUT2D eigenvalue weighted by atomic mass is 32.1. The molecule has 0 spiro atoms. The standard InChI is InChI=1S/C20H21NO6S/c1-24-15-9-12(10-16(25-2)19(15)26-3)20(23)21-11-13-6-7-17(28-13)18(22)14-5-4-8-27-14/h4-10,18,22H,11H2,1-3H3,(H,21,23). The fourth-order valence-electron chi connectivity index (χ4n) is 2.71. The topological polar surface area (TPSA) is 90.2 Å². The molecule has 0 aliphatic heterocycles. The molecule has 1 unspecified atom stereocenters. The predicted octanol–water partition coefficient (Wildman–Crippen LogP) is 3.38. The fraction of sp³-hybridized carbons (Fsp3) is 0.250. The van der Waals surface area contributed by atoms with Crippen molar-refractivity contribution in [3.63, 3.8) is 0 Å². The Morgan fingerprint density at radius 1 is 1.14 bits per heavy atom. The van der Waals surface area contributed by atoms with Gasteiger partial charge in [-0.2, -0.15) is 0 Å². The molecule has 3 rings (SSSR count). The molecule has 8 heteroatoms. The van der Waals surface area contributed by atoms with Crippen molar-refractivity contribution >= 4 is 17.2 Å². The van der Waals surface area contributed by atoms with Crippen molar-refractivity contribution in [2.24, 2.45) is 0 Å². The number of hydrogen-bond donors (Lipinski definition) is 2. The second kappa shape index (κ2) is 8.81. The van der Waals surface area contributed by atoms with Crippen molar-refractivity contribution in [3.8, 4) is 17.2 Å². The maximum absolute atomic E-state index is 12.6. The smallest absolute Gasteiger partial charge is 0.251 e. The molecule has 0 fully saturated rings. The third-order valence-corrected chi connectivity index (χ3v) is 5.25. The molecule has 2 N–H and O–H groups in total. The quantitative estimate of drug-likeness (QED) is 0.599. The van der Waals surface area contributed by atoms with Crippen molar-refractivity contribution in [1.29, 1.82) is 0 Å². The van der Waals surface area contributed by atoms with E-state index in [1.807, 2.05) is 12.1 Å². The van der Waals surface area contributed by atoms with Crippen molar-refractivity contribution < 1.29 is 28.5 Å². The highest BCUT2D eigenvalue weighted by molar-refractivity contribution is 7.12. The lowest BCUT2D eigenvalue weighted by Crippen LogP contribution is -2.22. The average molecular weight is 403 g/mol. The monoisotopic (exact) mass is 403 g/mol. The molecule has 0 aliphatic carbocycles. The van der Waals surface area contributed by atoms with E-state index in [-0.39, 0.29) is 5.91 Å². The summed E-state index contributed by atoms with van der Waals surface area (Å²) in [6, 6.07) is 10.3. The first kappa shape index (κ1) is 19.8. The number of aliphatic hydroxyl groups excluding tert-OH is 1. The number of nitrogens with one attached hydrogen (secondary N) is 1. The number of carbonyl (C=O) groups is 1. The Balaban J connectivity index is 1.69. The van der Waals surface area contributed by atoms with Gasteiger partial charge in [-0.05, 0) is 36.4 Å². The maximum Gasteiger partial charge on any atom is 0.251 e. The molecule has 1 aromatic carbocycles. The number of furan rings is 1. The maximum atomic E-state index is 12.6. The number of ether oxygens (including phenoxy) is 3. The number of thiophene rings is 1. The second-order valence-corrected chi connectivity index (χ2v) is 7.02. The number of aliphatic hydroxyl groups is 1. The molecule has 28 heavy (non-hydrogen) atoms. The SMILES string of the molecule is COc1cc(C(=O)NCc2ccc(C(O)c3ccco3)s2)cc(OC)c1OC. The highest BCUT2D eigenvalue weighted by Gasteiger charge is 2.18. The first-order valence-electron chi connectivity index (χ1n) is 8.45. The van der Waals surface area contributed by atoms with Crippen LogP contribution in [0.1, 0.15) is 32.0 Å². The summed E-state index contributed by atoms with van der Waals surface area (Å²) in [6.45, 7) is 0.324. The van der Waals surface area contributed by atoms with Crippen LogP contribution in [0.25, 0.3) is 0 Å². The van der Waals surface area contributed by atoms with Crippen LogP contribution < -0.4 is 19.5 Å². The molecule has 1 atom stereocenters. The van der Waals surface area contributed by atoms with Crippen molar-refractivity contribution in [3.05, 3.63) is 63.7 Å². The number of rotatable bonds is 8. The zero-order chi connectivity index (χ0) is 20.1. The van der Waals surface area contributed by atoms with E-state index in [1.165, 1.54) is 38.9 Å². The van der Waals surface area contributed by atoms with Gasteiger partial charge in [0.05, 0.1) is 34.1 Å². The normalized spacial score (nSPS) is 11.7. The van der Waals surface area contributed by atoms with Gasteiger partial charge in [0.2, 0.25) is 5.75 Å². The lowest BCUT2D eigenvalue weighted by molar-refractivity contribution is 0.0950. The Hall–Kier alpha value is -2.97. The van der Waals surface area contributed by atoms with Crippen LogP contribution in [0, 0.1) is 0 Å². The van der Waals surface area contributed by atoms with E-state index in [2.05, 4.69) is 5.32 Å². The highest BCUT2D eigenvalue weighted by Crippen LogP contribution is 2.38. The minimum Gasteiger partial charge on any atom is -0.493 e. The minimum atomic E-state index is -0.820. The number of carbonyl (C=O) groups excluding carboxylic acids is 1. The lowest BCUT2D eigenvalue weighted by Gasteiger charge is -2.14. The summed E-state index contributed by atoms with van der Waals surface area (Å²) in [5.41, 5.74) is 0.391. The van der Waals surface area contributed by atoms with Crippen LogP contribution >= 0.6 is 11.3 Å². The molecule has 0 bridgehead atoms. The van der Waals surface area contributed by atoms with Gasteiger partial charge in [-0.25, -0.2) is 0 Å². The van der Waals surface area contributed by atoms with Gasteiger partial charge in [0.1, 0.15) is 11.9 Å². The van der Waals surface area contributed by atoms with Crippen LogP contribution in [0.5, 0.6) is 17.2 Å². The van der Waals surface area contributed by atoms with Crippen LogP contribution in [0.4, 0.5) is 0 Å². The molecule has 0 saturated heterocycles. The Morgan fingerprint density at radius 2 is 1.86 bits per heavy atom. The summed E-state index contributed by atoms with van der Waals surface area (Å²) in [4.78, 5) is 14.2. The summed E-state index contributed by atoms with van der Waals surface area (Å²) in [7, 11) is 4.50. The van der Waals surface area contributed by atoms with E-state index < -0.39 is 6.10 Å². The summed E-state index contributed by atoms with van der Waals surface area (Å²) < 4.78 is 21.1. The average Bonchev–Trinajstić information content (AvgIpc) is 3.42. The van der Waals surface area contributed by atoms with Gasteiger partial charge >= 0.3 is 0 Å². The molecular formula is C20H21NO6S. The van der Waals surface area contributed by atoms with Crippen LogP contribution in [-0.4, -0.2) is 32.3 Å². The summed E-state index contributed by atoms with van der Waals surface area (Å²) in [6.07, 6.45) is 0.699. The van der Waals surface area contributed by atoms with Crippen LogP contribution in [0.2, 0.25) is 0 Å². The Bertz CT molecular complexity index is 909. The molecule has 2 heterocycles. The zero-order valence-electron chi connectivity index (χ0n) is 15.7. The zero-order valence-corrected chi connectivity index (χ0v) is 16.5. The molecule has 148 valence electrons. The van der Waals surface area contributed by atoms with Gasteiger partial charge in [-0.15, -0.1) is 11.3 Å². The molecular weight excluding hydrogens is 382 g/mol. The largest absolute Gasteiger partial charge is 0.493 e. The van der Waals surface area contributed by atoms with E-state index in [0.29, 0.717) is 35.1 Å². The summed E-state index contributed by atoms with van der Waals surface area (Å²) in [5, 5.41) is 13.2. The van der Waals surface area contributed by atoms with Gasteiger partial charge in [0, 0.05) is 15.3 Å². The Kier molecular flexibility index (Phi) is 6.23. The molecule has 7 nitrogen and oxygen atoms in total. The van der Waals surface area contributed by atoms with Crippen LogP contribution in [0.3, 0.4) is 0 Å². The number of methoxy groups -OCH3 is 3. The van der Waals surface area contributed by atoms with Gasteiger partial charge in [0.15, 0.2) is 11.5 Å². The molecule has 0 radical (unpaired) electrons. The third kappa shape index (κ3) is 4.13. The van der Waals surface area contributed by atoms with Crippen molar-refractivity contribution in [1.82, 2.24) is 5.32 Å². The number of benzene rings is 1. The number of amides is 1. The molecule has 1 amide bonds. The predicted molar refractivity (Wildman–Crippen MR) is 104 cm³/mol. The van der Waals surface area contributed by atoms with Gasteiger partial charge in [-0.3, -0.25) is 4.79 Å². The minimum absolute atomic E-state index is 0.277. The van der Waals surface area contributed by atoms with E-state index in [0.717, 1.165) is 9.75 Å². The molecule has 2 aromatic heterocycles. The van der Waals surface area contributed by atoms with Crippen LogP contribution in [0.15, 0.2) is 47.1 Å². The van der Waals surface area contributed by atoms with E-state index in [4.69, 9.17) is 18.6 Å². The van der Waals surface area contributed by atoms with Crippen molar-refractivity contribution in [2.45, 2.75) is 12.6 Å². The van der Waals surface area contributed by atoms with E-state index in [9.17, 15) is 9.90 Å². The van der Waals surface area contributed by atoms with Gasteiger partial charge < -0.3 is 29.1 Å². The second-order valence-electron chi connectivity index (χ2n) is 5.82. The van der Waals surface area contributed by atoms with Gasteiger partial charge in [0.25, 0.3) is 5.91 Å². The van der Waals surface area contributed by atoms with E-state index >= 15 is 0 Å². The van der Waals surface area contributed by atoms with E-state index in [1.54, 1.807) is 24.3 Å². The first-order chi connectivity index (χ1) is 13.6. The van der Waals surface area contributed by atoms with Crippen molar-refractivity contribution in [2.75, 3.05) is 21.3 Å². The Labute approximate surface area is 166 Å². The third-order valence-electron chi connectivity index (χ3n) is 4.11. The van der Waals surface area contributed by atoms with Crippen LogP contribution in [-0.2, 0) is 6.54 Å². The van der Waals surface area contributed by atoms with Gasteiger partial charge in [-0.1, -0.05) is 0 Å². The molecule has 0 aliphatic rings. The molecule has 3 aromatic rings. The fourth-order valence-corrected chi connectivity index (χ4v) is 3.65. The lowest BCUT2D eigenvalue weighted by atomic mass is 10.1.